The van der Waals surface area contributed by atoms with E-state index in [1.54, 1.807) is 18.2 Å². The summed E-state index contributed by atoms with van der Waals surface area (Å²) in [6.07, 6.45) is 0.177. The molecular weight excluding hydrogens is 330 g/mol. The Kier molecular flexibility index (Phi) is 5.11. The van der Waals surface area contributed by atoms with Crippen LogP contribution < -0.4 is 19.5 Å². The van der Waals surface area contributed by atoms with Crippen molar-refractivity contribution in [2.24, 2.45) is 0 Å². The van der Waals surface area contributed by atoms with Crippen molar-refractivity contribution in [1.29, 1.82) is 0 Å². The first kappa shape index (κ1) is 16.5. The second kappa shape index (κ2) is 7.45. The molecule has 0 atom stereocenters. The number of nitrogens with one attached hydrogen (secondary N) is 1. The fourth-order valence-corrected chi connectivity index (χ4v) is 2.79. The molecule has 126 valence electrons. The van der Waals surface area contributed by atoms with Crippen LogP contribution in [0.3, 0.4) is 0 Å². The largest absolute Gasteiger partial charge is 0.492 e. The number of hydrogen-bond donors (Lipinski definition) is 1. The highest BCUT2D eigenvalue weighted by Crippen LogP contribution is 2.38. The first-order valence-corrected chi connectivity index (χ1v) is 8.15. The minimum Gasteiger partial charge on any atom is -0.492 e. The number of halogens is 1. The summed E-state index contributed by atoms with van der Waals surface area (Å²) >= 11 is 6.20. The maximum Gasteiger partial charge on any atom is 0.228 e. The number of fused-ring (bicyclic) bond motifs is 1. The summed E-state index contributed by atoms with van der Waals surface area (Å²) in [4.78, 5) is 12.3. The third-order valence-electron chi connectivity index (χ3n) is 3.48. The zero-order valence-corrected chi connectivity index (χ0v) is 14.1. The van der Waals surface area contributed by atoms with Gasteiger partial charge in [0.15, 0.2) is 11.5 Å². The Morgan fingerprint density at radius 2 is 2.04 bits per heavy atom. The first-order valence-electron chi connectivity index (χ1n) is 7.77. The lowest BCUT2D eigenvalue weighted by atomic mass is 10.1. The summed E-state index contributed by atoms with van der Waals surface area (Å²) in [6.45, 7) is 3.38. The summed E-state index contributed by atoms with van der Waals surface area (Å²) in [5, 5.41) is 3.31. The van der Waals surface area contributed by atoms with E-state index in [0.717, 1.165) is 5.56 Å². The number of hydrogen-bond acceptors (Lipinski definition) is 4. The van der Waals surface area contributed by atoms with Crippen LogP contribution in [0.15, 0.2) is 36.4 Å². The van der Waals surface area contributed by atoms with Crippen LogP contribution >= 0.6 is 11.6 Å². The van der Waals surface area contributed by atoms with E-state index in [-0.39, 0.29) is 12.3 Å². The molecule has 0 spiro atoms. The maximum absolute atomic E-state index is 12.3. The van der Waals surface area contributed by atoms with Gasteiger partial charge in [0, 0.05) is 0 Å². The lowest BCUT2D eigenvalue weighted by Crippen LogP contribution is -2.17. The van der Waals surface area contributed by atoms with Gasteiger partial charge in [-0.05, 0) is 36.8 Å². The summed E-state index contributed by atoms with van der Waals surface area (Å²) in [5.74, 6) is 1.60. The molecule has 0 unspecified atom stereocenters. The van der Waals surface area contributed by atoms with E-state index in [2.05, 4.69) is 5.32 Å². The van der Waals surface area contributed by atoms with E-state index in [1.165, 1.54) is 0 Å². The molecule has 0 aromatic heterocycles. The topological polar surface area (TPSA) is 56.8 Å². The average Bonchev–Trinajstić information content (AvgIpc) is 2.57. The third kappa shape index (κ3) is 3.74. The number of carbonyl (C=O) groups is 1. The molecule has 0 aliphatic carbocycles. The number of amides is 1. The van der Waals surface area contributed by atoms with Gasteiger partial charge in [-0.1, -0.05) is 23.7 Å². The Labute approximate surface area is 145 Å². The lowest BCUT2D eigenvalue weighted by molar-refractivity contribution is -0.115. The first-order chi connectivity index (χ1) is 11.7. The summed E-state index contributed by atoms with van der Waals surface area (Å²) in [7, 11) is 0. The average molecular weight is 348 g/mol. The molecule has 0 radical (unpaired) electrons. The van der Waals surface area contributed by atoms with E-state index in [1.807, 2.05) is 25.1 Å². The molecule has 1 heterocycles. The fourth-order valence-electron chi connectivity index (χ4n) is 2.50. The predicted octanol–water partition coefficient (Wildman–Crippen LogP) is 3.69. The van der Waals surface area contributed by atoms with Crippen LogP contribution in [0.2, 0.25) is 5.02 Å². The van der Waals surface area contributed by atoms with Gasteiger partial charge in [0.05, 0.1) is 23.7 Å². The molecule has 1 aliphatic heterocycles. The summed E-state index contributed by atoms with van der Waals surface area (Å²) in [5.41, 5.74) is 1.41. The van der Waals surface area contributed by atoms with Gasteiger partial charge in [0.2, 0.25) is 5.91 Å². The molecule has 0 saturated heterocycles. The van der Waals surface area contributed by atoms with Crippen molar-refractivity contribution in [3.63, 3.8) is 0 Å². The molecule has 1 aliphatic rings. The molecule has 3 rings (SSSR count). The smallest absolute Gasteiger partial charge is 0.228 e. The normalized spacial score (nSPS) is 12.6. The Bertz CT molecular complexity index is 748. The van der Waals surface area contributed by atoms with Gasteiger partial charge in [0.1, 0.15) is 19.0 Å². The minimum absolute atomic E-state index is 0.158. The predicted molar refractivity (Wildman–Crippen MR) is 92.4 cm³/mol. The molecular formula is C18H18ClNO4. The Morgan fingerprint density at radius 3 is 2.88 bits per heavy atom. The maximum atomic E-state index is 12.3. The van der Waals surface area contributed by atoms with Crippen molar-refractivity contribution < 1.29 is 19.0 Å². The third-order valence-corrected chi connectivity index (χ3v) is 3.76. The molecule has 6 heteroatoms. The van der Waals surface area contributed by atoms with Crippen LogP contribution in [0.5, 0.6) is 17.2 Å². The number of carbonyl (C=O) groups excluding carboxylic acids is 1. The molecule has 5 nitrogen and oxygen atoms in total. The quantitative estimate of drug-likeness (QED) is 0.896. The lowest BCUT2D eigenvalue weighted by Gasteiger charge is -2.20. The van der Waals surface area contributed by atoms with Gasteiger partial charge in [-0.25, -0.2) is 0 Å². The van der Waals surface area contributed by atoms with Gasteiger partial charge < -0.3 is 19.5 Å². The number of para-hydroxylation sites is 2. The van der Waals surface area contributed by atoms with Crippen molar-refractivity contribution in [1.82, 2.24) is 0 Å². The van der Waals surface area contributed by atoms with Crippen LogP contribution in [0, 0.1) is 0 Å². The van der Waals surface area contributed by atoms with E-state index >= 15 is 0 Å². The van der Waals surface area contributed by atoms with E-state index in [4.69, 9.17) is 25.8 Å². The SMILES string of the molecule is CCOc1ccccc1NC(=O)Cc1cc(Cl)c2c(c1)OCCO2. The molecule has 0 fully saturated rings. The molecule has 2 aromatic rings. The molecule has 1 amide bonds. The fraction of sp³-hybridized carbons (Fsp3) is 0.278. The Hall–Kier alpha value is -2.40. The summed E-state index contributed by atoms with van der Waals surface area (Å²) < 4.78 is 16.5. The summed E-state index contributed by atoms with van der Waals surface area (Å²) in [6, 6.07) is 10.8. The van der Waals surface area contributed by atoms with Gasteiger partial charge in [-0.3, -0.25) is 4.79 Å². The molecule has 0 bridgehead atoms. The van der Waals surface area contributed by atoms with Gasteiger partial charge in [0.25, 0.3) is 0 Å². The Balaban J connectivity index is 1.73. The van der Waals surface area contributed by atoms with E-state index < -0.39 is 0 Å². The van der Waals surface area contributed by atoms with Crippen LogP contribution in [-0.4, -0.2) is 25.7 Å². The number of anilines is 1. The van der Waals surface area contributed by atoms with Crippen LogP contribution in [0.25, 0.3) is 0 Å². The zero-order valence-electron chi connectivity index (χ0n) is 13.3. The van der Waals surface area contributed by atoms with Crippen LogP contribution in [0.1, 0.15) is 12.5 Å². The number of rotatable bonds is 5. The standard InChI is InChI=1S/C18H18ClNO4/c1-2-22-15-6-4-3-5-14(15)20-17(21)11-12-9-13(19)18-16(10-12)23-7-8-24-18/h3-6,9-10H,2,7-8,11H2,1H3,(H,20,21). The highest BCUT2D eigenvalue weighted by atomic mass is 35.5. The van der Waals surface area contributed by atoms with Crippen molar-refractivity contribution in [3.05, 3.63) is 47.0 Å². The van der Waals surface area contributed by atoms with Crippen molar-refractivity contribution in [2.75, 3.05) is 25.1 Å². The molecule has 24 heavy (non-hydrogen) atoms. The van der Waals surface area contributed by atoms with E-state index in [9.17, 15) is 4.79 Å². The molecule has 1 N–H and O–H groups in total. The second-order valence-corrected chi connectivity index (χ2v) is 5.66. The van der Waals surface area contributed by atoms with Gasteiger partial charge in [-0.2, -0.15) is 0 Å². The van der Waals surface area contributed by atoms with Crippen LogP contribution in [-0.2, 0) is 11.2 Å². The van der Waals surface area contributed by atoms with Crippen molar-refractivity contribution >= 4 is 23.2 Å². The molecule has 2 aromatic carbocycles. The van der Waals surface area contributed by atoms with Gasteiger partial charge in [-0.15, -0.1) is 0 Å². The monoisotopic (exact) mass is 347 g/mol. The zero-order chi connectivity index (χ0) is 16.9. The minimum atomic E-state index is -0.158. The second-order valence-electron chi connectivity index (χ2n) is 5.26. The van der Waals surface area contributed by atoms with Crippen molar-refractivity contribution in [2.45, 2.75) is 13.3 Å². The van der Waals surface area contributed by atoms with Crippen LogP contribution in [0.4, 0.5) is 5.69 Å². The highest BCUT2D eigenvalue weighted by Gasteiger charge is 2.18. The molecule has 0 saturated carbocycles. The number of benzene rings is 2. The van der Waals surface area contributed by atoms with Gasteiger partial charge >= 0.3 is 0 Å². The van der Waals surface area contributed by atoms with Crippen molar-refractivity contribution in [3.8, 4) is 17.2 Å². The Morgan fingerprint density at radius 1 is 1.25 bits per heavy atom. The highest BCUT2D eigenvalue weighted by molar-refractivity contribution is 6.32. The number of ether oxygens (including phenoxy) is 3. The van der Waals surface area contributed by atoms with E-state index in [0.29, 0.717) is 47.8 Å².